The van der Waals surface area contributed by atoms with Crippen LogP contribution in [-0.2, 0) is 0 Å². The molecule has 1 fully saturated rings. The number of methoxy groups -OCH3 is 1. The van der Waals surface area contributed by atoms with Gasteiger partial charge >= 0.3 is 0 Å². The van der Waals surface area contributed by atoms with Crippen molar-refractivity contribution in [3.05, 3.63) is 48.8 Å². The third-order valence-corrected chi connectivity index (χ3v) is 4.62. The number of anilines is 1. The van der Waals surface area contributed by atoms with Gasteiger partial charge < -0.3 is 10.1 Å². The van der Waals surface area contributed by atoms with Gasteiger partial charge in [0.15, 0.2) is 0 Å². The van der Waals surface area contributed by atoms with Gasteiger partial charge in [-0.05, 0) is 49.2 Å². The molecular formula is C19H21N3O. The Morgan fingerprint density at radius 1 is 1.09 bits per heavy atom. The minimum absolute atomic E-state index is 0.611. The molecule has 0 amide bonds. The van der Waals surface area contributed by atoms with E-state index in [1.807, 2.05) is 18.3 Å². The van der Waals surface area contributed by atoms with E-state index in [1.54, 1.807) is 7.11 Å². The van der Waals surface area contributed by atoms with Gasteiger partial charge in [0.25, 0.3) is 0 Å². The number of nitrogens with zero attached hydrogens (tertiary/aromatic N) is 2. The number of fused-ring (bicyclic) bond motifs is 1. The summed E-state index contributed by atoms with van der Waals surface area (Å²) in [6.07, 6.45) is 9.29. The number of aromatic nitrogens is 2. The molecule has 4 heteroatoms. The quantitative estimate of drug-likeness (QED) is 0.778. The molecule has 1 saturated carbocycles. The van der Waals surface area contributed by atoms with Gasteiger partial charge in [0, 0.05) is 17.8 Å². The number of benzene rings is 1. The van der Waals surface area contributed by atoms with Crippen molar-refractivity contribution in [1.29, 1.82) is 0 Å². The Morgan fingerprint density at radius 3 is 2.61 bits per heavy atom. The van der Waals surface area contributed by atoms with Gasteiger partial charge in [-0.3, -0.25) is 4.40 Å². The highest BCUT2D eigenvalue weighted by atomic mass is 16.5. The van der Waals surface area contributed by atoms with Crippen LogP contribution in [0.2, 0.25) is 0 Å². The monoisotopic (exact) mass is 307 g/mol. The molecule has 2 heterocycles. The Balaban J connectivity index is 1.68. The first-order valence-corrected chi connectivity index (χ1v) is 8.21. The van der Waals surface area contributed by atoms with Crippen molar-refractivity contribution in [3.63, 3.8) is 0 Å². The number of pyridine rings is 1. The van der Waals surface area contributed by atoms with Crippen molar-refractivity contribution in [3.8, 4) is 17.0 Å². The third kappa shape index (κ3) is 2.77. The molecule has 1 aliphatic carbocycles. The maximum atomic E-state index is 5.24. The van der Waals surface area contributed by atoms with Crippen molar-refractivity contribution in [2.45, 2.75) is 31.7 Å². The topological polar surface area (TPSA) is 38.6 Å². The lowest BCUT2D eigenvalue weighted by molar-refractivity contribution is 0.415. The fraction of sp³-hybridized carbons (Fsp3) is 0.316. The molecule has 0 bridgehead atoms. The summed E-state index contributed by atoms with van der Waals surface area (Å²) in [6, 6.07) is 12.9. The van der Waals surface area contributed by atoms with Gasteiger partial charge in [-0.2, -0.15) is 0 Å². The SMILES string of the molecule is COc1ccc(-c2cnc3ccc(NC4CCCC4)cn23)cc1. The van der Waals surface area contributed by atoms with Gasteiger partial charge in [0.1, 0.15) is 11.4 Å². The maximum Gasteiger partial charge on any atom is 0.137 e. The number of hydrogen-bond donors (Lipinski definition) is 1. The van der Waals surface area contributed by atoms with Gasteiger partial charge in [0.2, 0.25) is 0 Å². The zero-order chi connectivity index (χ0) is 15.6. The highest BCUT2D eigenvalue weighted by Crippen LogP contribution is 2.26. The predicted molar refractivity (Wildman–Crippen MR) is 93.1 cm³/mol. The van der Waals surface area contributed by atoms with Crippen LogP contribution in [0.3, 0.4) is 0 Å². The largest absolute Gasteiger partial charge is 0.497 e. The van der Waals surface area contributed by atoms with E-state index in [0.717, 1.165) is 28.3 Å². The molecule has 4 nitrogen and oxygen atoms in total. The lowest BCUT2D eigenvalue weighted by atomic mass is 10.1. The molecule has 0 aliphatic heterocycles. The molecule has 1 N–H and O–H groups in total. The van der Waals surface area contributed by atoms with E-state index in [9.17, 15) is 0 Å². The summed E-state index contributed by atoms with van der Waals surface area (Å²) in [5.74, 6) is 0.867. The first-order chi connectivity index (χ1) is 11.3. The van der Waals surface area contributed by atoms with Crippen LogP contribution in [0, 0.1) is 0 Å². The molecule has 0 unspecified atom stereocenters. The number of imidazole rings is 1. The van der Waals surface area contributed by atoms with Crippen LogP contribution in [0.5, 0.6) is 5.75 Å². The second-order valence-corrected chi connectivity index (χ2v) is 6.14. The Hall–Kier alpha value is -2.49. The van der Waals surface area contributed by atoms with Gasteiger partial charge in [-0.1, -0.05) is 12.8 Å². The van der Waals surface area contributed by atoms with E-state index in [0.29, 0.717) is 6.04 Å². The average Bonchev–Trinajstić information content (AvgIpc) is 3.24. The summed E-state index contributed by atoms with van der Waals surface area (Å²) < 4.78 is 7.39. The van der Waals surface area contributed by atoms with Crippen molar-refractivity contribution >= 4 is 11.3 Å². The highest BCUT2D eigenvalue weighted by Gasteiger charge is 2.15. The van der Waals surface area contributed by atoms with E-state index in [4.69, 9.17) is 4.74 Å². The van der Waals surface area contributed by atoms with Gasteiger partial charge in [-0.25, -0.2) is 4.98 Å². The molecule has 1 aromatic carbocycles. The Labute approximate surface area is 136 Å². The first kappa shape index (κ1) is 14.1. The van der Waals surface area contributed by atoms with Crippen molar-refractivity contribution in [2.75, 3.05) is 12.4 Å². The fourth-order valence-electron chi connectivity index (χ4n) is 3.35. The number of nitrogens with one attached hydrogen (secondary N) is 1. The fourth-order valence-corrected chi connectivity index (χ4v) is 3.35. The van der Waals surface area contributed by atoms with Crippen LogP contribution in [0.4, 0.5) is 5.69 Å². The second kappa shape index (κ2) is 5.95. The number of ether oxygens (including phenoxy) is 1. The lowest BCUT2D eigenvalue weighted by Crippen LogP contribution is -2.14. The molecule has 4 rings (SSSR count). The molecule has 1 aliphatic rings. The minimum Gasteiger partial charge on any atom is -0.497 e. The van der Waals surface area contributed by atoms with E-state index < -0.39 is 0 Å². The molecule has 3 aromatic rings. The maximum absolute atomic E-state index is 5.24. The Bertz CT molecular complexity index is 801. The average molecular weight is 307 g/mol. The highest BCUT2D eigenvalue weighted by molar-refractivity contribution is 5.66. The van der Waals surface area contributed by atoms with Crippen LogP contribution in [-0.4, -0.2) is 22.5 Å². The van der Waals surface area contributed by atoms with Crippen LogP contribution < -0.4 is 10.1 Å². The summed E-state index contributed by atoms with van der Waals surface area (Å²) >= 11 is 0. The van der Waals surface area contributed by atoms with Gasteiger partial charge in [0.05, 0.1) is 24.7 Å². The summed E-state index contributed by atoms with van der Waals surface area (Å²) in [7, 11) is 1.68. The van der Waals surface area contributed by atoms with Gasteiger partial charge in [-0.15, -0.1) is 0 Å². The van der Waals surface area contributed by atoms with Crippen LogP contribution in [0.25, 0.3) is 16.9 Å². The second-order valence-electron chi connectivity index (χ2n) is 6.14. The summed E-state index contributed by atoms with van der Waals surface area (Å²) in [4.78, 5) is 4.51. The molecular weight excluding hydrogens is 286 g/mol. The summed E-state index contributed by atoms with van der Waals surface area (Å²) in [5, 5.41) is 3.65. The van der Waals surface area contributed by atoms with E-state index in [1.165, 1.54) is 25.7 Å². The molecule has 0 atom stereocenters. The lowest BCUT2D eigenvalue weighted by Gasteiger charge is -2.14. The molecule has 0 saturated heterocycles. The number of rotatable bonds is 4. The van der Waals surface area contributed by atoms with Crippen molar-refractivity contribution in [2.24, 2.45) is 0 Å². The van der Waals surface area contributed by atoms with E-state index in [2.05, 4.69) is 45.2 Å². The zero-order valence-electron chi connectivity index (χ0n) is 13.3. The minimum atomic E-state index is 0.611. The Morgan fingerprint density at radius 2 is 1.87 bits per heavy atom. The summed E-state index contributed by atoms with van der Waals surface area (Å²) in [6.45, 7) is 0. The van der Waals surface area contributed by atoms with Crippen molar-refractivity contribution in [1.82, 2.24) is 9.38 Å². The molecule has 118 valence electrons. The van der Waals surface area contributed by atoms with Crippen LogP contribution >= 0.6 is 0 Å². The smallest absolute Gasteiger partial charge is 0.137 e. The standard InChI is InChI=1S/C19H21N3O/c1-23-17-9-6-14(7-10-17)18-12-20-19-11-8-16(13-22(18)19)21-15-4-2-3-5-15/h6-13,15,21H,2-5H2,1H3. The van der Waals surface area contributed by atoms with E-state index >= 15 is 0 Å². The zero-order valence-corrected chi connectivity index (χ0v) is 13.3. The predicted octanol–water partition coefficient (Wildman–Crippen LogP) is 4.36. The molecule has 0 radical (unpaired) electrons. The molecule has 0 spiro atoms. The van der Waals surface area contributed by atoms with Crippen molar-refractivity contribution < 1.29 is 4.74 Å². The van der Waals surface area contributed by atoms with Crippen LogP contribution in [0.1, 0.15) is 25.7 Å². The van der Waals surface area contributed by atoms with E-state index in [-0.39, 0.29) is 0 Å². The van der Waals surface area contributed by atoms with Crippen LogP contribution in [0.15, 0.2) is 48.8 Å². The normalized spacial score (nSPS) is 15.2. The third-order valence-electron chi connectivity index (χ3n) is 4.62. The summed E-state index contributed by atoms with van der Waals surface area (Å²) in [5.41, 5.74) is 4.36. The number of hydrogen-bond acceptors (Lipinski definition) is 3. The molecule has 23 heavy (non-hydrogen) atoms. The first-order valence-electron chi connectivity index (χ1n) is 8.21. The molecule has 2 aromatic heterocycles. The Kier molecular flexibility index (Phi) is 3.66.